The van der Waals surface area contributed by atoms with Crippen molar-refractivity contribution in [2.75, 3.05) is 30.1 Å². The molecular weight excluding hydrogens is 464 g/mol. The van der Waals surface area contributed by atoms with Crippen molar-refractivity contribution in [1.29, 1.82) is 0 Å². The number of thioether (sulfide) groups is 4. The highest BCUT2D eigenvalue weighted by Crippen LogP contribution is 2.24. The van der Waals surface area contributed by atoms with Gasteiger partial charge < -0.3 is 0 Å². The van der Waals surface area contributed by atoms with E-state index in [0.717, 1.165) is 23.5 Å². The summed E-state index contributed by atoms with van der Waals surface area (Å²) in [4.78, 5) is 78.9. The molecule has 0 unspecified atom stereocenters. The molecule has 29 heavy (non-hydrogen) atoms. The topological polar surface area (TPSA) is 177 Å². The lowest BCUT2D eigenvalue weighted by molar-refractivity contribution is 0.562. The van der Waals surface area contributed by atoms with E-state index in [1.165, 1.54) is 60.0 Å². The number of rotatable bonds is 15. The normalized spacial score (nSPS) is 10.3. The smallest absolute Gasteiger partial charge is 0.211 e. The van der Waals surface area contributed by atoms with Crippen LogP contribution in [-0.4, -0.2) is 75.8 Å². The van der Waals surface area contributed by atoms with E-state index in [9.17, 15) is 28.8 Å². The summed E-state index contributed by atoms with van der Waals surface area (Å²) in [7, 11) is 0. The maximum Gasteiger partial charge on any atom is 0.236 e. The van der Waals surface area contributed by atoms with Crippen LogP contribution in [-0.2, 0) is 28.8 Å². The van der Waals surface area contributed by atoms with E-state index < -0.39 is 4.71 Å². The third-order valence-electron chi connectivity index (χ3n) is 1.93. The minimum absolute atomic E-state index is 0.0966. The van der Waals surface area contributed by atoms with Gasteiger partial charge in [-0.2, -0.15) is 25.0 Å². The van der Waals surface area contributed by atoms with Crippen LogP contribution in [0.4, 0.5) is 0 Å². The number of hydrogen-bond donors (Lipinski definition) is 0. The molecule has 0 atom stereocenters. The molecular formula is C13H12N6O6S4. The molecule has 0 aromatic rings. The molecule has 0 aliphatic carbocycles. The molecule has 0 fully saturated rings. The highest BCUT2D eigenvalue weighted by molar-refractivity contribution is 8.17. The van der Waals surface area contributed by atoms with Crippen molar-refractivity contribution in [3.8, 4) is 0 Å². The fourth-order valence-corrected chi connectivity index (χ4v) is 4.17. The van der Waals surface area contributed by atoms with Gasteiger partial charge in [-0.3, -0.25) is 0 Å². The van der Waals surface area contributed by atoms with E-state index in [1.54, 1.807) is 0 Å². The second-order valence-corrected chi connectivity index (χ2v) is 8.56. The number of hydrogen-bond acceptors (Lipinski definition) is 16. The van der Waals surface area contributed by atoms with Gasteiger partial charge in [0.15, 0.2) is 4.71 Å². The molecule has 12 nitrogen and oxygen atoms in total. The van der Waals surface area contributed by atoms with Crippen molar-refractivity contribution in [3.63, 3.8) is 0 Å². The highest BCUT2D eigenvalue weighted by Gasteiger charge is 2.08. The van der Waals surface area contributed by atoms with E-state index in [2.05, 4.69) is 30.0 Å². The quantitative estimate of drug-likeness (QED) is 0.190. The molecule has 16 heteroatoms. The molecule has 0 N–H and O–H groups in total. The third kappa shape index (κ3) is 23.6. The van der Waals surface area contributed by atoms with E-state index in [0.29, 0.717) is 0 Å². The standard InChI is InChI=1S/C7H7N3O3S2.C6H5N3O3S2/c11-2-8-1-7(14-5-9-3-12)15-6-10-4-13;10-1-7-4-13-6(9-3-12)14-5-8-2-11/h7H,1,5-6H2;6H,4-5H2. The average molecular weight is 477 g/mol. The maximum absolute atomic E-state index is 9.95. The first-order valence-electron chi connectivity index (χ1n) is 6.91. The summed E-state index contributed by atoms with van der Waals surface area (Å²) in [6.07, 6.45) is 8.28. The number of aliphatic imine (C=N–C) groups is 6. The number of carbonyl (C=O) groups excluding carboxylic acids is 6. The Labute approximate surface area is 181 Å². The average Bonchev–Trinajstić information content (AvgIpc) is 2.72. The zero-order chi connectivity index (χ0) is 22.0. The minimum Gasteiger partial charge on any atom is -0.211 e. The van der Waals surface area contributed by atoms with Crippen molar-refractivity contribution in [3.05, 3.63) is 0 Å². The Morgan fingerprint density at radius 2 is 0.897 bits per heavy atom. The van der Waals surface area contributed by atoms with Crippen molar-refractivity contribution in [1.82, 2.24) is 0 Å². The zero-order valence-electron chi connectivity index (χ0n) is 14.5. The van der Waals surface area contributed by atoms with Crippen LogP contribution in [0.25, 0.3) is 0 Å². The molecule has 0 saturated carbocycles. The fraction of sp³-hybridized carbons (Fsp3) is 0.538. The van der Waals surface area contributed by atoms with Gasteiger partial charge in [0.2, 0.25) is 36.5 Å². The number of nitrogens with zero attached hydrogens (tertiary/aromatic N) is 6. The molecule has 0 bridgehead atoms. The first-order valence-corrected chi connectivity index (χ1v) is 11.1. The summed E-state index contributed by atoms with van der Waals surface area (Å²) in [6, 6.07) is 0. The molecule has 0 spiro atoms. The van der Waals surface area contributed by atoms with E-state index in [-0.39, 0.29) is 34.6 Å². The monoisotopic (exact) mass is 476 g/mol. The van der Waals surface area contributed by atoms with Crippen molar-refractivity contribution in [2.45, 2.75) is 9.29 Å². The van der Waals surface area contributed by atoms with E-state index in [1.807, 2.05) is 0 Å². The molecule has 0 aliphatic heterocycles. The van der Waals surface area contributed by atoms with Crippen molar-refractivity contribution in [2.24, 2.45) is 30.0 Å². The van der Waals surface area contributed by atoms with Gasteiger partial charge in [-0.25, -0.2) is 33.8 Å². The fourth-order valence-electron chi connectivity index (χ4n) is 0.979. The van der Waals surface area contributed by atoms with Gasteiger partial charge in [0, 0.05) is 0 Å². The van der Waals surface area contributed by atoms with Gasteiger partial charge >= 0.3 is 0 Å². The number of isocyanates is 6. The second-order valence-electron chi connectivity index (χ2n) is 3.57. The SMILES string of the molecule is O=C=NCSC(CN=C=O)SCN=C=O.O=C=NCSC(N=C=O)SCN=C=O. The molecule has 0 rings (SSSR count). The lowest BCUT2D eigenvalue weighted by atomic mass is 10.8. The summed E-state index contributed by atoms with van der Waals surface area (Å²) >= 11 is 4.89. The second kappa shape index (κ2) is 25.7. The third-order valence-corrected chi connectivity index (χ3v) is 6.50. The molecule has 0 heterocycles. The van der Waals surface area contributed by atoms with Crippen LogP contribution in [0.1, 0.15) is 0 Å². The molecule has 0 saturated heterocycles. The van der Waals surface area contributed by atoms with Crippen LogP contribution in [0.3, 0.4) is 0 Å². The first kappa shape index (κ1) is 28.9. The molecule has 0 amide bonds. The Bertz CT molecular complexity index is 703. The van der Waals surface area contributed by atoms with Crippen LogP contribution in [0.5, 0.6) is 0 Å². The van der Waals surface area contributed by atoms with Crippen molar-refractivity contribution < 1.29 is 28.8 Å². The van der Waals surface area contributed by atoms with Gasteiger partial charge in [-0.05, 0) is 0 Å². The van der Waals surface area contributed by atoms with Crippen LogP contribution >= 0.6 is 47.0 Å². The minimum atomic E-state index is -0.471. The van der Waals surface area contributed by atoms with Gasteiger partial charge in [-0.1, -0.05) is 23.5 Å². The lowest BCUT2D eigenvalue weighted by Gasteiger charge is -2.08. The van der Waals surface area contributed by atoms with Gasteiger partial charge in [0.1, 0.15) is 0 Å². The van der Waals surface area contributed by atoms with E-state index >= 15 is 0 Å². The summed E-state index contributed by atoms with van der Waals surface area (Å²) in [5.74, 6) is 0.773. The summed E-state index contributed by atoms with van der Waals surface area (Å²) in [5.41, 5.74) is 0. The highest BCUT2D eigenvalue weighted by atomic mass is 32.2. The van der Waals surface area contributed by atoms with Crippen LogP contribution in [0.15, 0.2) is 30.0 Å². The predicted octanol–water partition coefficient (Wildman–Crippen LogP) is 1.36. The molecule has 0 aromatic heterocycles. The Morgan fingerprint density at radius 3 is 1.24 bits per heavy atom. The van der Waals surface area contributed by atoms with Crippen LogP contribution in [0.2, 0.25) is 0 Å². The maximum atomic E-state index is 9.95. The Balaban J connectivity index is 0. The Hall–Kier alpha value is -2.32. The van der Waals surface area contributed by atoms with Crippen LogP contribution in [0, 0.1) is 0 Å². The Kier molecular flexibility index (Phi) is 25.6. The van der Waals surface area contributed by atoms with Gasteiger partial charge in [0.05, 0.1) is 34.6 Å². The van der Waals surface area contributed by atoms with Gasteiger partial charge in [-0.15, -0.1) is 23.5 Å². The summed E-state index contributed by atoms with van der Waals surface area (Å²) in [6.45, 7) is 0.238. The zero-order valence-corrected chi connectivity index (χ0v) is 17.7. The lowest BCUT2D eigenvalue weighted by Crippen LogP contribution is -2.03. The Morgan fingerprint density at radius 1 is 0.517 bits per heavy atom. The van der Waals surface area contributed by atoms with Crippen molar-refractivity contribution >= 4 is 83.5 Å². The largest absolute Gasteiger partial charge is 0.236 e. The first-order chi connectivity index (χ1) is 14.2. The summed E-state index contributed by atoms with van der Waals surface area (Å²) in [5, 5.41) is 0. The molecule has 0 radical (unpaired) electrons. The van der Waals surface area contributed by atoms with E-state index in [4.69, 9.17) is 0 Å². The van der Waals surface area contributed by atoms with Gasteiger partial charge in [0.25, 0.3) is 0 Å². The molecule has 154 valence electrons. The molecule has 0 aromatic carbocycles. The summed E-state index contributed by atoms with van der Waals surface area (Å²) < 4.78 is -0.567. The predicted molar refractivity (Wildman–Crippen MR) is 111 cm³/mol. The van der Waals surface area contributed by atoms with Crippen LogP contribution < -0.4 is 0 Å². The molecule has 0 aliphatic rings.